The number of fused-ring (bicyclic) bond motifs is 1. The van der Waals surface area contributed by atoms with Gasteiger partial charge in [0.15, 0.2) is 11.5 Å². The number of hydrogen-bond acceptors (Lipinski definition) is 6. The van der Waals surface area contributed by atoms with Crippen LogP contribution in [0.25, 0.3) is 0 Å². The fraction of sp³-hybridized carbons (Fsp3) is 0.435. The molecule has 2 heterocycles. The Morgan fingerprint density at radius 1 is 1.03 bits per heavy atom. The fourth-order valence-corrected chi connectivity index (χ4v) is 3.81. The van der Waals surface area contributed by atoms with Crippen molar-refractivity contribution in [2.45, 2.75) is 13.3 Å². The standard InChI is InChI=1S/C23H29N3O4/c1-2-28-20-6-4-3-5-19(20)26-13-11-25(12-14-26)10-9-23(27)24-18-7-8-21-22(17-18)30-16-15-29-21/h3-8,17H,2,9-16H2,1H3,(H,24,27). The van der Waals surface area contributed by atoms with Gasteiger partial charge in [-0.3, -0.25) is 9.69 Å². The number of ether oxygens (including phenoxy) is 3. The summed E-state index contributed by atoms with van der Waals surface area (Å²) in [6, 6.07) is 13.7. The van der Waals surface area contributed by atoms with E-state index in [0.717, 1.165) is 55.6 Å². The molecule has 0 saturated carbocycles. The number of nitrogens with zero attached hydrogens (tertiary/aromatic N) is 2. The molecule has 1 N–H and O–H groups in total. The van der Waals surface area contributed by atoms with Crippen LogP contribution in [0.1, 0.15) is 13.3 Å². The largest absolute Gasteiger partial charge is 0.492 e. The molecule has 0 atom stereocenters. The van der Waals surface area contributed by atoms with E-state index in [1.165, 1.54) is 0 Å². The molecule has 0 aromatic heterocycles. The summed E-state index contributed by atoms with van der Waals surface area (Å²) in [7, 11) is 0. The molecule has 2 aromatic carbocycles. The molecule has 0 unspecified atom stereocenters. The lowest BCUT2D eigenvalue weighted by Crippen LogP contribution is -2.47. The van der Waals surface area contributed by atoms with Crippen LogP contribution in [0.4, 0.5) is 11.4 Å². The number of anilines is 2. The Balaban J connectivity index is 1.23. The molecule has 7 nitrogen and oxygen atoms in total. The van der Waals surface area contributed by atoms with Crippen LogP contribution in [-0.2, 0) is 4.79 Å². The molecule has 1 fully saturated rings. The highest BCUT2D eigenvalue weighted by Gasteiger charge is 2.20. The molecular weight excluding hydrogens is 382 g/mol. The highest BCUT2D eigenvalue weighted by molar-refractivity contribution is 5.91. The van der Waals surface area contributed by atoms with Gasteiger partial charge in [-0.2, -0.15) is 0 Å². The molecule has 30 heavy (non-hydrogen) atoms. The quantitative estimate of drug-likeness (QED) is 0.756. The Labute approximate surface area is 177 Å². The number of nitrogens with one attached hydrogen (secondary N) is 1. The number of para-hydroxylation sites is 2. The average molecular weight is 412 g/mol. The van der Waals surface area contributed by atoms with Crippen LogP contribution < -0.4 is 24.4 Å². The second kappa shape index (κ2) is 9.71. The van der Waals surface area contributed by atoms with E-state index in [2.05, 4.69) is 21.2 Å². The van der Waals surface area contributed by atoms with Crippen LogP contribution in [0.5, 0.6) is 17.2 Å². The van der Waals surface area contributed by atoms with Gasteiger partial charge >= 0.3 is 0 Å². The number of amides is 1. The average Bonchev–Trinajstić information content (AvgIpc) is 2.79. The van der Waals surface area contributed by atoms with Crippen molar-refractivity contribution < 1.29 is 19.0 Å². The third-order valence-electron chi connectivity index (χ3n) is 5.36. The van der Waals surface area contributed by atoms with Gasteiger partial charge in [-0.05, 0) is 31.2 Å². The van der Waals surface area contributed by atoms with Crippen molar-refractivity contribution in [1.82, 2.24) is 4.90 Å². The van der Waals surface area contributed by atoms with Gasteiger partial charge in [-0.15, -0.1) is 0 Å². The van der Waals surface area contributed by atoms with Crippen molar-refractivity contribution in [2.75, 3.05) is 62.8 Å². The molecular formula is C23H29N3O4. The van der Waals surface area contributed by atoms with Gasteiger partial charge < -0.3 is 24.4 Å². The topological polar surface area (TPSA) is 63.3 Å². The first kappa shape index (κ1) is 20.3. The number of carbonyl (C=O) groups excluding carboxylic acids is 1. The van der Waals surface area contributed by atoms with Gasteiger partial charge in [0.2, 0.25) is 5.91 Å². The molecule has 0 spiro atoms. The first-order chi connectivity index (χ1) is 14.7. The van der Waals surface area contributed by atoms with Crippen molar-refractivity contribution in [3.63, 3.8) is 0 Å². The molecule has 0 bridgehead atoms. The third kappa shape index (κ3) is 4.97. The van der Waals surface area contributed by atoms with Crippen LogP contribution in [-0.4, -0.2) is 63.4 Å². The SMILES string of the molecule is CCOc1ccccc1N1CCN(CCC(=O)Nc2ccc3c(c2)OCCO3)CC1. The molecule has 160 valence electrons. The van der Waals surface area contributed by atoms with Crippen molar-refractivity contribution in [2.24, 2.45) is 0 Å². The maximum Gasteiger partial charge on any atom is 0.225 e. The van der Waals surface area contributed by atoms with E-state index >= 15 is 0 Å². The van der Waals surface area contributed by atoms with Gasteiger partial charge in [0, 0.05) is 50.9 Å². The minimum absolute atomic E-state index is 0.01000. The lowest BCUT2D eigenvalue weighted by molar-refractivity contribution is -0.116. The molecule has 1 saturated heterocycles. The number of benzene rings is 2. The zero-order chi connectivity index (χ0) is 20.8. The van der Waals surface area contributed by atoms with E-state index in [1.54, 1.807) is 0 Å². The summed E-state index contributed by atoms with van der Waals surface area (Å²) in [6.07, 6.45) is 0.462. The summed E-state index contributed by atoms with van der Waals surface area (Å²) in [6.45, 7) is 8.21. The van der Waals surface area contributed by atoms with E-state index in [-0.39, 0.29) is 5.91 Å². The predicted molar refractivity (Wildman–Crippen MR) is 117 cm³/mol. The summed E-state index contributed by atoms with van der Waals surface area (Å²) < 4.78 is 16.9. The molecule has 1 amide bonds. The Bertz CT molecular complexity index is 865. The molecule has 2 aliphatic heterocycles. The molecule has 4 rings (SSSR count). The Morgan fingerprint density at radius 2 is 1.80 bits per heavy atom. The maximum atomic E-state index is 12.4. The minimum atomic E-state index is 0.01000. The molecule has 2 aliphatic rings. The number of rotatable bonds is 7. The van der Waals surface area contributed by atoms with E-state index in [1.807, 2.05) is 43.3 Å². The second-order valence-corrected chi connectivity index (χ2v) is 7.39. The number of piperazine rings is 1. The van der Waals surface area contributed by atoms with Crippen molar-refractivity contribution in [3.8, 4) is 17.2 Å². The second-order valence-electron chi connectivity index (χ2n) is 7.39. The maximum absolute atomic E-state index is 12.4. The summed E-state index contributed by atoms with van der Waals surface area (Å²) in [5.74, 6) is 2.36. The Morgan fingerprint density at radius 3 is 2.60 bits per heavy atom. The first-order valence-corrected chi connectivity index (χ1v) is 10.6. The van der Waals surface area contributed by atoms with Gasteiger partial charge in [-0.25, -0.2) is 0 Å². The van der Waals surface area contributed by atoms with Crippen LogP contribution in [0.15, 0.2) is 42.5 Å². The predicted octanol–water partition coefficient (Wildman–Crippen LogP) is 3.01. The fourth-order valence-electron chi connectivity index (χ4n) is 3.81. The third-order valence-corrected chi connectivity index (χ3v) is 5.36. The van der Waals surface area contributed by atoms with Crippen molar-refractivity contribution in [1.29, 1.82) is 0 Å². The molecule has 0 aliphatic carbocycles. The lowest BCUT2D eigenvalue weighted by Gasteiger charge is -2.36. The summed E-state index contributed by atoms with van der Waals surface area (Å²) >= 11 is 0. The molecule has 0 radical (unpaired) electrons. The summed E-state index contributed by atoms with van der Waals surface area (Å²) in [4.78, 5) is 17.1. The summed E-state index contributed by atoms with van der Waals surface area (Å²) in [5.41, 5.74) is 1.89. The Kier molecular flexibility index (Phi) is 6.59. The van der Waals surface area contributed by atoms with Crippen molar-refractivity contribution >= 4 is 17.3 Å². The van der Waals surface area contributed by atoms with Crippen LogP contribution in [0.2, 0.25) is 0 Å². The van der Waals surface area contributed by atoms with E-state index in [0.29, 0.717) is 32.0 Å². The zero-order valence-electron chi connectivity index (χ0n) is 17.4. The highest BCUT2D eigenvalue weighted by atomic mass is 16.6. The number of hydrogen-bond donors (Lipinski definition) is 1. The van der Waals surface area contributed by atoms with E-state index in [4.69, 9.17) is 14.2 Å². The van der Waals surface area contributed by atoms with Gasteiger partial charge in [0.1, 0.15) is 19.0 Å². The summed E-state index contributed by atoms with van der Waals surface area (Å²) in [5, 5.41) is 2.96. The van der Waals surface area contributed by atoms with Crippen molar-refractivity contribution in [3.05, 3.63) is 42.5 Å². The molecule has 7 heteroatoms. The molecule has 2 aromatic rings. The number of carbonyl (C=O) groups is 1. The smallest absolute Gasteiger partial charge is 0.225 e. The van der Waals surface area contributed by atoms with Gasteiger partial charge in [0.05, 0.1) is 12.3 Å². The van der Waals surface area contributed by atoms with Gasteiger partial charge in [0.25, 0.3) is 0 Å². The lowest BCUT2D eigenvalue weighted by atomic mass is 10.2. The van der Waals surface area contributed by atoms with Crippen LogP contribution in [0, 0.1) is 0 Å². The normalized spacial score (nSPS) is 16.2. The minimum Gasteiger partial charge on any atom is -0.492 e. The zero-order valence-corrected chi connectivity index (χ0v) is 17.4. The monoisotopic (exact) mass is 411 g/mol. The van der Waals surface area contributed by atoms with Crippen LogP contribution >= 0.6 is 0 Å². The first-order valence-electron chi connectivity index (χ1n) is 10.6. The van der Waals surface area contributed by atoms with Gasteiger partial charge in [-0.1, -0.05) is 12.1 Å². The van der Waals surface area contributed by atoms with E-state index < -0.39 is 0 Å². The highest BCUT2D eigenvalue weighted by Crippen LogP contribution is 2.32. The Hall–Kier alpha value is -2.93. The van der Waals surface area contributed by atoms with E-state index in [9.17, 15) is 4.79 Å². The van der Waals surface area contributed by atoms with Crippen LogP contribution in [0.3, 0.4) is 0 Å².